The smallest absolute Gasteiger partial charge is 0.416 e. The van der Waals surface area contributed by atoms with E-state index in [1.165, 1.54) is 12.1 Å². The molecule has 1 amide bonds. The van der Waals surface area contributed by atoms with Crippen LogP contribution < -0.4 is 10.1 Å². The van der Waals surface area contributed by atoms with Crippen molar-refractivity contribution in [2.75, 3.05) is 5.32 Å². The lowest BCUT2D eigenvalue weighted by Gasteiger charge is -2.11. The average Bonchev–Trinajstić information content (AvgIpc) is 3.03. The fourth-order valence-electron chi connectivity index (χ4n) is 2.74. The average molecular weight is 560 g/mol. The highest BCUT2D eigenvalue weighted by Gasteiger charge is 2.30. The number of rotatable bonds is 7. The maximum absolute atomic E-state index is 12.9. The van der Waals surface area contributed by atoms with Crippen molar-refractivity contribution < 1.29 is 27.6 Å². The summed E-state index contributed by atoms with van der Waals surface area (Å²) in [5.74, 6) is -0.661. The molecule has 168 valence electrons. The zero-order valence-electron chi connectivity index (χ0n) is 16.5. The number of halogens is 4. The third kappa shape index (κ3) is 6.18. The summed E-state index contributed by atoms with van der Waals surface area (Å²) < 4.78 is 46.7. The molecule has 8 nitrogen and oxygen atoms in total. The summed E-state index contributed by atoms with van der Waals surface area (Å²) in [4.78, 5) is 22.9. The van der Waals surface area contributed by atoms with Crippen LogP contribution in [0.4, 0.5) is 24.5 Å². The molecule has 32 heavy (non-hydrogen) atoms. The molecule has 0 saturated heterocycles. The summed E-state index contributed by atoms with van der Waals surface area (Å²) in [6, 6.07) is 7.61. The lowest BCUT2D eigenvalue weighted by molar-refractivity contribution is -0.384. The van der Waals surface area contributed by atoms with E-state index in [4.69, 9.17) is 4.74 Å². The summed E-state index contributed by atoms with van der Waals surface area (Å²) in [6.45, 7) is 2.14. The molecule has 1 N–H and O–H groups in total. The van der Waals surface area contributed by atoms with Crippen molar-refractivity contribution in [2.45, 2.75) is 26.1 Å². The molecule has 3 rings (SSSR count). The van der Waals surface area contributed by atoms with E-state index in [0.29, 0.717) is 6.54 Å². The predicted molar refractivity (Wildman–Crippen MR) is 118 cm³/mol. The van der Waals surface area contributed by atoms with E-state index >= 15 is 0 Å². The summed E-state index contributed by atoms with van der Waals surface area (Å²) in [6.07, 6.45) is -2.71. The third-order valence-corrected chi connectivity index (χ3v) is 5.30. The zero-order chi connectivity index (χ0) is 23.5. The lowest BCUT2D eigenvalue weighted by atomic mass is 10.2. The monoisotopic (exact) mass is 560 g/mol. The van der Waals surface area contributed by atoms with Gasteiger partial charge in [0.2, 0.25) is 5.91 Å². The molecule has 1 aromatic heterocycles. The number of hydrogen-bond acceptors (Lipinski definition) is 5. The molecular weight excluding hydrogens is 544 g/mol. The topological polar surface area (TPSA) is 99.3 Å². The maximum Gasteiger partial charge on any atom is 0.416 e. The summed E-state index contributed by atoms with van der Waals surface area (Å²) in [7, 11) is 0. The van der Waals surface area contributed by atoms with Gasteiger partial charge in [-0.3, -0.25) is 19.6 Å². The number of carbonyl (C=O) groups is 1. The fraction of sp³-hybridized carbons (Fsp3) is 0.200. The number of aromatic nitrogens is 2. The van der Waals surface area contributed by atoms with Gasteiger partial charge in [-0.15, -0.1) is 0 Å². The normalized spacial score (nSPS) is 11.3. The van der Waals surface area contributed by atoms with E-state index in [2.05, 4.69) is 33.0 Å². The number of nitro benzene ring substituents is 1. The van der Waals surface area contributed by atoms with Gasteiger partial charge in [0.1, 0.15) is 11.5 Å². The van der Waals surface area contributed by atoms with Crippen LogP contribution in [0.1, 0.15) is 17.7 Å². The van der Waals surface area contributed by atoms with Gasteiger partial charge in [0.15, 0.2) is 0 Å². The van der Waals surface area contributed by atoms with Crippen molar-refractivity contribution in [3.05, 3.63) is 73.6 Å². The number of nitrogens with one attached hydrogen (secondary N) is 1. The molecule has 3 aromatic rings. The van der Waals surface area contributed by atoms with Gasteiger partial charge in [0, 0.05) is 31.3 Å². The number of carbonyl (C=O) groups excluding carboxylic acids is 1. The Labute approximate surface area is 193 Å². The van der Waals surface area contributed by atoms with Gasteiger partial charge in [-0.25, -0.2) is 0 Å². The summed E-state index contributed by atoms with van der Waals surface area (Å²) >= 11 is 2.13. The number of non-ortho nitro benzene ring substituents is 1. The number of aryl methyl sites for hydroxylation is 2. The molecule has 0 aliphatic heterocycles. The number of nitrogens with zero attached hydrogens (tertiary/aromatic N) is 3. The van der Waals surface area contributed by atoms with Crippen molar-refractivity contribution in [3.63, 3.8) is 0 Å². The molecule has 0 aliphatic carbocycles. The molecule has 0 bridgehead atoms. The molecule has 0 atom stereocenters. The highest BCUT2D eigenvalue weighted by atomic mass is 127. The molecule has 0 spiro atoms. The van der Waals surface area contributed by atoms with Crippen molar-refractivity contribution in [1.29, 1.82) is 0 Å². The van der Waals surface area contributed by atoms with Gasteiger partial charge in [0.05, 0.1) is 31.5 Å². The van der Waals surface area contributed by atoms with Gasteiger partial charge in [-0.2, -0.15) is 18.3 Å². The molecule has 0 unspecified atom stereocenters. The van der Waals surface area contributed by atoms with Crippen LogP contribution in [0.2, 0.25) is 0 Å². The standard InChI is InChI=1S/C20H16F3IN4O4/c1-12-18(24)11-27(26-12)6-5-19(29)25-14-8-15(28(30)31)10-17(9-14)32-16-4-2-3-13(7-16)20(21,22)23/h2-4,7-11H,5-6H2,1H3,(H,25,29). The second-order valence-corrected chi connectivity index (χ2v) is 7.89. The predicted octanol–water partition coefficient (Wildman–Crippen LogP) is 5.54. The van der Waals surface area contributed by atoms with Gasteiger partial charge >= 0.3 is 6.18 Å². The Morgan fingerprint density at radius 1 is 1.25 bits per heavy atom. The molecule has 0 aliphatic rings. The van der Waals surface area contributed by atoms with E-state index in [1.807, 2.05) is 6.92 Å². The first-order chi connectivity index (χ1) is 15.0. The van der Waals surface area contributed by atoms with E-state index in [0.717, 1.165) is 39.6 Å². The highest BCUT2D eigenvalue weighted by molar-refractivity contribution is 14.1. The van der Waals surface area contributed by atoms with Crippen molar-refractivity contribution in [3.8, 4) is 11.5 Å². The van der Waals surface area contributed by atoms with Gasteiger partial charge in [0.25, 0.3) is 5.69 Å². The van der Waals surface area contributed by atoms with E-state index in [9.17, 15) is 28.1 Å². The zero-order valence-corrected chi connectivity index (χ0v) is 18.7. The van der Waals surface area contributed by atoms with Gasteiger partial charge < -0.3 is 10.1 Å². The van der Waals surface area contributed by atoms with Crippen molar-refractivity contribution in [1.82, 2.24) is 9.78 Å². The number of hydrogen-bond donors (Lipinski definition) is 1. The minimum atomic E-state index is -4.56. The third-order valence-electron chi connectivity index (χ3n) is 4.24. The molecule has 0 saturated carbocycles. The Hall–Kier alpha value is -3.16. The van der Waals surface area contributed by atoms with E-state index in [-0.39, 0.29) is 29.3 Å². The first-order valence-electron chi connectivity index (χ1n) is 9.15. The van der Waals surface area contributed by atoms with Crippen LogP contribution in [0, 0.1) is 20.6 Å². The van der Waals surface area contributed by atoms with Crippen LogP contribution in [0.5, 0.6) is 11.5 Å². The first-order valence-corrected chi connectivity index (χ1v) is 10.2. The molecule has 0 fully saturated rings. The van der Waals surface area contributed by atoms with E-state index in [1.54, 1.807) is 10.9 Å². The van der Waals surface area contributed by atoms with Crippen molar-refractivity contribution >= 4 is 39.9 Å². The van der Waals surface area contributed by atoms with Crippen LogP contribution in [-0.4, -0.2) is 20.6 Å². The van der Waals surface area contributed by atoms with Crippen LogP contribution >= 0.6 is 22.6 Å². The maximum atomic E-state index is 12.9. The Balaban J connectivity index is 1.75. The molecule has 12 heteroatoms. The van der Waals surface area contributed by atoms with Gasteiger partial charge in [-0.1, -0.05) is 6.07 Å². The largest absolute Gasteiger partial charge is 0.457 e. The molecule has 1 heterocycles. The number of amides is 1. The number of alkyl halides is 3. The summed E-state index contributed by atoms with van der Waals surface area (Å²) in [5, 5.41) is 18.0. The van der Waals surface area contributed by atoms with Crippen LogP contribution in [0.15, 0.2) is 48.7 Å². The second kappa shape index (κ2) is 9.54. The Morgan fingerprint density at radius 3 is 2.62 bits per heavy atom. The van der Waals surface area contributed by atoms with Crippen LogP contribution in [0.25, 0.3) is 0 Å². The quantitative estimate of drug-likeness (QED) is 0.232. The fourth-order valence-corrected chi connectivity index (χ4v) is 3.17. The van der Waals surface area contributed by atoms with Crippen LogP contribution in [-0.2, 0) is 17.5 Å². The minimum absolute atomic E-state index is 0.0592. The Kier molecular flexibility index (Phi) is 7.01. The number of ether oxygens (including phenoxy) is 1. The highest BCUT2D eigenvalue weighted by Crippen LogP contribution is 2.34. The van der Waals surface area contributed by atoms with Crippen LogP contribution in [0.3, 0.4) is 0 Å². The Morgan fingerprint density at radius 2 is 2.00 bits per heavy atom. The first kappa shape index (κ1) is 23.5. The minimum Gasteiger partial charge on any atom is -0.457 e. The molecule has 0 radical (unpaired) electrons. The van der Waals surface area contributed by atoms with Crippen molar-refractivity contribution in [2.24, 2.45) is 0 Å². The van der Waals surface area contributed by atoms with E-state index < -0.39 is 22.6 Å². The Bertz CT molecular complexity index is 1140. The lowest BCUT2D eigenvalue weighted by Crippen LogP contribution is -2.15. The number of nitro groups is 1. The number of benzene rings is 2. The molecular formula is C20H16F3IN4O4. The summed E-state index contributed by atoms with van der Waals surface area (Å²) in [5.41, 5.74) is -0.391. The SMILES string of the molecule is Cc1nn(CCC(=O)Nc2cc(Oc3cccc(C(F)(F)F)c3)cc([N+](=O)[O-])c2)cc1I. The van der Waals surface area contributed by atoms with Gasteiger partial charge in [-0.05, 0) is 47.7 Å². The molecule has 2 aromatic carbocycles. The number of anilines is 1. The second-order valence-electron chi connectivity index (χ2n) is 6.72.